The van der Waals surface area contributed by atoms with Gasteiger partial charge in [-0.25, -0.2) is 4.98 Å². The highest BCUT2D eigenvalue weighted by atomic mass is 16.5. The van der Waals surface area contributed by atoms with Crippen LogP contribution in [0.4, 0.5) is 0 Å². The smallest absolute Gasteiger partial charge is 0.228 e. The maximum Gasteiger partial charge on any atom is 0.228 e. The van der Waals surface area contributed by atoms with Crippen LogP contribution in [0.2, 0.25) is 0 Å². The SMILES string of the molecule is Cn1cnc2c(c1=N)C(c1ccc(O)cc1)c1c(ccc3ccccc13)O2. The molecule has 1 aliphatic heterocycles. The zero-order valence-corrected chi connectivity index (χ0v) is 14.7. The van der Waals surface area contributed by atoms with Gasteiger partial charge in [-0.2, -0.15) is 0 Å². The molecule has 0 spiro atoms. The van der Waals surface area contributed by atoms with Crippen LogP contribution in [-0.2, 0) is 7.05 Å². The van der Waals surface area contributed by atoms with Gasteiger partial charge in [-0.15, -0.1) is 0 Å². The lowest BCUT2D eigenvalue weighted by Crippen LogP contribution is -2.28. The van der Waals surface area contributed by atoms with Gasteiger partial charge >= 0.3 is 0 Å². The summed E-state index contributed by atoms with van der Waals surface area (Å²) in [5, 5.41) is 20.6. The van der Waals surface area contributed by atoms with Crippen LogP contribution in [0.15, 0.2) is 67.0 Å². The standard InChI is InChI=1S/C22H17N3O2/c1-25-12-24-22-20(21(25)23)18(14-6-9-15(26)10-7-14)19-16-5-3-2-4-13(16)8-11-17(19)27-22/h2-12,18,23,26H,1H3. The van der Waals surface area contributed by atoms with E-state index in [1.165, 1.54) is 0 Å². The lowest BCUT2D eigenvalue weighted by atomic mass is 9.81. The Morgan fingerprint density at radius 1 is 1.00 bits per heavy atom. The minimum atomic E-state index is -0.206. The predicted octanol–water partition coefficient (Wildman–Crippen LogP) is 4.04. The number of fused-ring (bicyclic) bond motifs is 4. The van der Waals surface area contributed by atoms with Crippen LogP contribution < -0.4 is 10.2 Å². The molecule has 27 heavy (non-hydrogen) atoms. The number of hydrogen-bond donors (Lipinski definition) is 2. The zero-order chi connectivity index (χ0) is 18.5. The molecule has 5 rings (SSSR count). The number of aromatic hydroxyl groups is 1. The lowest BCUT2D eigenvalue weighted by molar-refractivity contribution is 0.426. The number of aromatic nitrogens is 2. The van der Waals surface area contributed by atoms with E-state index in [9.17, 15) is 5.11 Å². The monoisotopic (exact) mass is 355 g/mol. The molecule has 1 aliphatic rings. The van der Waals surface area contributed by atoms with Crippen LogP contribution in [0, 0.1) is 5.41 Å². The van der Waals surface area contributed by atoms with Crippen molar-refractivity contribution in [2.24, 2.45) is 7.05 Å². The first kappa shape index (κ1) is 15.6. The average Bonchev–Trinajstić information content (AvgIpc) is 2.70. The molecular formula is C22H17N3O2. The fourth-order valence-electron chi connectivity index (χ4n) is 3.81. The Morgan fingerprint density at radius 3 is 2.59 bits per heavy atom. The summed E-state index contributed by atoms with van der Waals surface area (Å²) >= 11 is 0. The van der Waals surface area contributed by atoms with Crippen LogP contribution >= 0.6 is 0 Å². The number of nitrogens with one attached hydrogen (secondary N) is 1. The molecular weight excluding hydrogens is 338 g/mol. The number of rotatable bonds is 1. The second-order valence-electron chi connectivity index (χ2n) is 6.75. The Labute approximate surface area is 155 Å². The molecule has 0 saturated heterocycles. The molecule has 0 radical (unpaired) electrons. The van der Waals surface area contributed by atoms with Crippen molar-refractivity contribution < 1.29 is 9.84 Å². The average molecular weight is 355 g/mol. The van der Waals surface area contributed by atoms with Gasteiger partial charge in [-0.05, 0) is 34.5 Å². The Balaban J connectivity index is 1.90. The Kier molecular flexibility index (Phi) is 3.31. The van der Waals surface area contributed by atoms with Gasteiger partial charge in [-0.1, -0.05) is 42.5 Å². The van der Waals surface area contributed by atoms with Gasteiger partial charge in [-0.3, -0.25) is 5.41 Å². The highest BCUT2D eigenvalue weighted by Gasteiger charge is 2.33. The molecule has 3 aromatic carbocycles. The molecule has 5 heteroatoms. The van der Waals surface area contributed by atoms with Gasteiger partial charge in [0, 0.05) is 18.5 Å². The number of benzene rings is 3. The number of ether oxygens (including phenoxy) is 1. The Morgan fingerprint density at radius 2 is 1.78 bits per heavy atom. The molecule has 0 aliphatic carbocycles. The topological polar surface area (TPSA) is 71.1 Å². The van der Waals surface area contributed by atoms with Crippen LogP contribution in [0.3, 0.4) is 0 Å². The lowest BCUT2D eigenvalue weighted by Gasteiger charge is -2.29. The van der Waals surface area contributed by atoms with Gasteiger partial charge in [0.05, 0.1) is 11.9 Å². The van der Waals surface area contributed by atoms with Crippen molar-refractivity contribution in [3.63, 3.8) is 0 Å². The Bertz CT molecular complexity index is 1240. The summed E-state index contributed by atoms with van der Waals surface area (Å²) in [4.78, 5) is 4.42. The number of phenols is 1. The summed E-state index contributed by atoms with van der Waals surface area (Å²) in [5.74, 6) is 1.22. The summed E-state index contributed by atoms with van der Waals surface area (Å²) in [7, 11) is 1.81. The molecule has 1 unspecified atom stereocenters. The second kappa shape index (κ2) is 5.71. The molecule has 4 aromatic rings. The molecule has 2 N–H and O–H groups in total. The number of phenolic OH excluding ortho intramolecular Hbond substituents is 1. The normalized spacial score (nSPS) is 15.1. The number of aryl methyl sites for hydroxylation is 1. The van der Waals surface area contributed by atoms with E-state index in [2.05, 4.69) is 17.1 Å². The van der Waals surface area contributed by atoms with Crippen LogP contribution in [-0.4, -0.2) is 14.7 Å². The number of nitrogens with zero attached hydrogens (tertiary/aromatic N) is 2. The van der Waals surface area contributed by atoms with E-state index in [4.69, 9.17) is 10.1 Å². The van der Waals surface area contributed by atoms with Crippen molar-refractivity contribution in [1.29, 1.82) is 5.41 Å². The first-order valence-electron chi connectivity index (χ1n) is 8.72. The maximum atomic E-state index is 9.74. The Hall–Kier alpha value is -3.60. The van der Waals surface area contributed by atoms with Gasteiger partial charge in [0.2, 0.25) is 5.88 Å². The van der Waals surface area contributed by atoms with E-state index in [1.54, 1.807) is 23.0 Å². The van der Waals surface area contributed by atoms with Crippen molar-refractivity contribution >= 4 is 10.8 Å². The van der Waals surface area contributed by atoms with E-state index in [0.717, 1.165) is 33.2 Å². The highest BCUT2D eigenvalue weighted by Crippen LogP contribution is 2.47. The van der Waals surface area contributed by atoms with E-state index >= 15 is 0 Å². The highest BCUT2D eigenvalue weighted by molar-refractivity contribution is 5.90. The van der Waals surface area contributed by atoms with Crippen LogP contribution in [0.5, 0.6) is 17.4 Å². The van der Waals surface area contributed by atoms with Crippen molar-refractivity contribution in [3.8, 4) is 17.4 Å². The summed E-state index contributed by atoms with van der Waals surface area (Å²) in [6, 6.07) is 19.3. The summed E-state index contributed by atoms with van der Waals surface area (Å²) in [5.41, 5.74) is 3.09. The third-order valence-corrected chi connectivity index (χ3v) is 5.13. The van der Waals surface area contributed by atoms with Gasteiger partial charge in [0.1, 0.15) is 17.0 Å². The fourth-order valence-corrected chi connectivity index (χ4v) is 3.81. The van der Waals surface area contributed by atoms with E-state index < -0.39 is 0 Å². The van der Waals surface area contributed by atoms with Crippen LogP contribution in [0.25, 0.3) is 10.8 Å². The van der Waals surface area contributed by atoms with E-state index in [1.807, 2.05) is 43.4 Å². The quantitative estimate of drug-likeness (QED) is 0.477. The molecule has 0 amide bonds. The van der Waals surface area contributed by atoms with E-state index in [0.29, 0.717) is 11.4 Å². The first-order chi connectivity index (χ1) is 13.1. The van der Waals surface area contributed by atoms with E-state index in [-0.39, 0.29) is 11.7 Å². The third kappa shape index (κ3) is 2.32. The minimum absolute atomic E-state index is 0.206. The van der Waals surface area contributed by atoms with Crippen molar-refractivity contribution in [1.82, 2.24) is 9.55 Å². The minimum Gasteiger partial charge on any atom is -0.508 e. The molecule has 1 aromatic heterocycles. The van der Waals surface area contributed by atoms with Crippen molar-refractivity contribution in [2.75, 3.05) is 0 Å². The molecule has 0 saturated carbocycles. The molecule has 5 nitrogen and oxygen atoms in total. The molecule has 0 fully saturated rings. The summed E-state index contributed by atoms with van der Waals surface area (Å²) in [6.45, 7) is 0. The molecule has 132 valence electrons. The first-order valence-corrected chi connectivity index (χ1v) is 8.72. The van der Waals surface area contributed by atoms with Gasteiger partial charge in [0.15, 0.2) is 0 Å². The number of hydrogen-bond acceptors (Lipinski definition) is 4. The van der Waals surface area contributed by atoms with Gasteiger partial charge in [0.25, 0.3) is 0 Å². The van der Waals surface area contributed by atoms with Crippen molar-refractivity contribution in [2.45, 2.75) is 5.92 Å². The predicted molar refractivity (Wildman–Crippen MR) is 102 cm³/mol. The van der Waals surface area contributed by atoms with Crippen LogP contribution in [0.1, 0.15) is 22.6 Å². The summed E-state index contributed by atoms with van der Waals surface area (Å²) < 4.78 is 7.79. The maximum absolute atomic E-state index is 9.74. The third-order valence-electron chi connectivity index (χ3n) is 5.13. The second-order valence-corrected chi connectivity index (χ2v) is 6.75. The van der Waals surface area contributed by atoms with Gasteiger partial charge < -0.3 is 14.4 Å². The molecule has 2 heterocycles. The van der Waals surface area contributed by atoms with Crippen molar-refractivity contribution in [3.05, 3.63) is 89.2 Å². The largest absolute Gasteiger partial charge is 0.508 e. The zero-order valence-electron chi connectivity index (χ0n) is 14.7. The summed E-state index contributed by atoms with van der Waals surface area (Å²) in [6.07, 6.45) is 1.60. The molecule has 1 atom stereocenters. The fraction of sp³-hybridized carbons (Fsp3) is 0.0909. The molecule has 0 bridgehead atoms.